The second kappa shape index (κ2) is 9.89. The van der Waals surface area contributed by atoms with Crippen LogP contribution in [0.5, 0.6) is 5.75 Å². The van der Waals surface area contributed by atoms with Crippen LogP contribution in [-0.2, 0) is 0 Å². The van der Waals surface area contributed by atoms with E-state index in [1.165, 1.54) is 6.07 Å². The first-order chi connectivity index (χ1) is 12.5. The maximum absolute atomic E-state index is 12.0. The molecular weight excluding hydrogens is 377 g/mol. The molecule has 0 atom stereocenters. The third kappa shape index (κ3) is 6.13. The summed E-state index contributed by atoms with van der Waals surface area (Å²) in [6.45, 7) is 3.03. The van der Waals surface area contributed by atoms with Gasteiger partial charge < -0.3 is 20.7 Å². The number of benzene rings is 2. The van der Waals surface area contributed by atoms with Crippen LogP contribution < -0.4 is 20.7 Å². The number of carbonyl (C=O) groups is 2. The van der Waals surface area contributed by atoms with Gasteiger partial charge in [-0.15, -0.1) is 0 Å². The van der Waals surface area contributed by atoms with E-state index in [9.17, 15) is 9.59 Å². The summed E-state index contributed by atoms with van der Waals surface area (Å²) >= 11 is 11.7. The van der Waals surface area contributed by atoms with Crippen molar-refractivity contribution in [3.05, 3.63) is 58.1 Å². The Bertz CT molecular complexity index is 767. The lowest BCUT2D eigenvalue weighted by Gasteiger charge is -2.10. The van der Waals surface area contributed by atoms with E-state index in [-0.39, 0.29) is 25.0 Å². The van der Waals surface area contributed by atoms with Gasteiger partial charge in [0.05, 0.1) is 16.7 Å². The Morgan fingerprint density at radius 1 is 0.962 bits per heavy atom. The van der Waals surface area contributed by atoms with Gasteiger partial charge in [-0.3, -0.25) is 4.79 Å². The van der Waals surface area contributed by atoms with E-state index >= 15 is 0 Å². The fourth-order valence-corrected chi connectivity index (χ4v) is 2.37. The smallest absolute Gasteiger partial charge is 0.319 e. The summed E-state index contributed by atoms with van der Waals surface area (Å²) in [6, 6.07) is 11.3. The monoisotopic (exact) mass is 395 g/mol. The van der Waals surface area contributed by atoms with E-state index in [2.05, 4.69) is 16.0 Å². The number of nitrogens with one attached hydrogen (secondary N) is 3. The molecule has 0 aliphatic heterocycles. The van der Waals surface area contributed by atoms with Crippen LogP contribution in [0.15, 0.2) is 42.5 Å². The molecule has 0 unspecified atom stereocenters. The number of ether oxygens (including phenoxy) is 1. The molecule has 8 heteroatoms. The molecule has 0 spiro atoms. The lowest BCUT2D eigenvalue weighted by Crippen LogP contribution is -2.36. The lowest BCUT2D eigenvalue weighted by atomic mass is 10.2. The van der Waals surface area contributed by atoms with Crippen molar-refractivity contribution in [2.75, 3.05) is 25.0 Å². The van der Waals surface area contributed by atoms with Crippen molar-refractivity contribution in [1.29, 1.82) is 0 Å². The average molecular weight is 396 g/mol. The Labute approximate surface area is 161 Å². The highest BCUT2D eigenvalue weighted by molar-refractivity contribution is 6.42. The minimum absolute atomic E-state index is 0.274. The van der Waals surface area contributed by atoms with Gasteiger partial charge in [0.25, 0.3) is 5.91 Å². The topological polar surface area (TPSA) is 79.5 Å². The molecule has 2 rings (SSSR count). The van der Waals surface area contributed by atoms with Crippen LogP contribution in [0.2, 0.25) is 10.0 Å². The number of anilines is 1. The van der Waals surface area contributed by atoms with E-state index in [1.54, 1.807) is 36.4 Å². The molecule has 0 bridgehead atoms. The molecule has 3 amide bonds. The van der Waals surface area contributed by atoms with Crippen molar-refractivity contribution in [3.8, 4) is 5.75 Å². The van der Waals surface area contributed by atoms with Crippen molar-refractivity contribution >= 4 is 40.8 Å². The van der Waals surface area contributed by atoms with Gasteiger partial charge >= 0.3 is 6.03 Å². The standard InChI is InChI=1S/C18H19Cl2N3O3/c1-2-26-14-6-4-13(5-7-14)23-18(25)22-10-9-21-17(24)12-3-8-15(19)16(20)11-12/h3-8,11H,2,9-10H2,1H3,(H,21,24)(H2,22,23,25). The number of halogens is 2. The third-order valence-electron chi connectivity index (χ3n) is 3.30. The Morgan fingerprint density at radius 3 is 2.31 bits per heavy atom. The van der Waals surface area contributed by atoms with Crippen molar-refractivity contribution in [2.45, 2.75) is 6.92 Å². The Kier molecular flexibility index (Phi) is 7.56. The molecule has 0 radical (unpaired) electrons. The Hall–Kier alpha value is -2.44. The zero-order valence-electron chi connectivity index (χ0n) is 14.1. The van der Waals surface area contributed by atoms with E-state index in [1.807, 2.05) is 6.92 Å². The number of rotatable bonds is 7. The summed E-state index contributed by atoms with van der Waals surface area (Å²) in [7, 11) is 0. The largest absolute Gasteiger partial charge is 0.494 e. The van der Waals surface area contributed by atoms with Gasteiger partial charge in [0.1, 0.15) is 5.75 Å². The minimum atomic E-state index is -0.363. The first-order valence-corrected chi connectivity index (χ1v) is 8.76. The first kappa shape index (κ1) is 19.9. The van der Waals surface area contributed by atoms with Crippen LogP contribution in [0.3, 0.4) is 0 Å². The van der Waals surface area contributed by atoms with Crippen molar-refractivity contribution in [2.24, 2.45) is 0 Å². The molecule has 0 aromatic heterocycles. The number of hydrogen-bond donors (Lipinski definition) is 3. The molecule has 138 valence electrons. The van der Waals surface area contributed by atoms with Crippen molar-refractivity contribution in [1.82, 2.24) is 10.6 Å². The third-order valence-corrected chi connectivity index (χ3v) is 4.04. The number of amides is 3. The van der Waals surface area contributed by atoms with Crippen LogP contribution in [-0.4, -0.2) is 31.6 Å². The van der Waals surface area contributed by atoms with Crippen LogP contribution in [0.4, 0.5) is 10.5 Å². The minimum Gasteiger partial charge on any atom is -0.494 e. The maximum Gasteiger partial charge on any atom is 0.319 e. The van der Waals surface area contributed by atoms with Crippen LogP contribution in [0.25, 0.3) is 0 Å². The van der Waals surface area contributed by atoms with Gasteiger partial charge in [-0.05, 0) is 49.4 Å². The van der Waals surface area contributed by atoms with Gasteiger partial charge in [-0.2, -0.15) is 0 Å². The SMILES string of the molecule is CCOc1ccc(NC(=O)NCCNC(=O)c2ccc(Cl)c(Cl)c2)cc1. The predicted octanol–water partition coefficient (Wildman–Crippen LogP) is 3.94. The fraction of sp³-hybridized carbons (Fsp3) is 0.222. The zero-order chi connectivity index (χ0) is 18.9. The van der Waals surface area contributed by atoms with Gasteiger partial charge in [0.2, 0.25) is 0 Å². The van der Waals surface area contributed by atoms with E-state index in [0.29, 0.717) is 27.9 Å². The molecule has 26 heavy (non-hydrogen) atoms. The molecule has 2 aromatic rings. The Balaban J connectivity index is 1.70. The maximum atomic E-state index is 12.0. The number of hydrogen-bond acceptors (Lipinski definition) is 3. The summed E-state index contributed by atoms with van der Waals surface area (Å²) < 4.78 is 5.33. The molecule has 0 aliphatic carbocycles. The zero-order valence-corrected chi connectivity index (χ0v) is 15.7. The molecule has 0 saturated carbocycles. The van der Waals surface area contributed by atoms with E-state index < -0.39 is 0 Å². The number of urea groups is 1. The summed E-state index contributed by atoms with van der Waals surface area (Å²) in [5.74, 6) is 0.445. The first-order valence-electron chi connectivity index (χ1n) is 8.00. The Morgan fingerprint density at radius 2 is 1.65 bits per heavy atom. The molecule has 0 saturated heterocycles. The van der Waals surface area contributed by atoms with Crippen LogP contribution >= 0.6 is 23.2 Å². The second-order valence-corrected chi connectivity index (χ2v) is 6.04. The molecule has 0 heterocycles. The highest BCUT2D eigenvalue weighted by Crippen LogP contribution is 2.22. The second-order valence-electron chi connectivity index (χ2n) is 5.22. The van der Waals surface area contributed by atoms with Crippen LogP contribution in [0.1, 0.15) is 17.3 Å². The van der Waals surface area contributed by atoms with Crippen LogP contribution in [0, 0.1) is 0 Å². The fourth-order valence-electron chi connectivity index (χ4n) is 2.07. The van der Waals surface area contributed by atoms with Gasteiger partial charge in [-0.1, -0.05) is 23.2 Å². The molecule has 0 fully saturated rings. The molecule has 0 aliphatic rings. The quantitative estimate of drug-likeness (QED) is 0.621. The normalized spacial score (nSPS) is 10.1. The van der Waals surface area contributed by atoms with Gasteiger partial charge in [-0.25, -0.2) is 4.79 Å². The molecule has 2 aromatic carbocycles. The number of carbonyl (C=O) groups excluding carboxylic acids is 2. The summed E-state index contributed by atoms with van der Waals surface area (Å²) in [5.41, 5.74) is 1.05. The molecular formula is C18H19Cl2N3O3. The lowest BCUT2D eigenvalue weighted by molar-refractivity contribution is 0.0954. The molecule has 6 nitrogen and oxygen atoms in total. The molecule has 3 N–H and O–H groups in total. The van der Waals surface area contributed by atoms with E-state index in [4.69, 9.17) is 27.9 Å². The average Bonchev–Trinajstić information content (AvgIpc) is 2.63. The van der Waals surface area contributed by atoms with Gasteiger partial charge in [0.15, 0.2) is 0 Å². The highest BCUT2D eigenvalue weighted by Gasteiger charge is 2.08. The van der Waals surface area contributed by atoms with Crippen molar-refractivity contribution < 1.29 is 14.3 Å². The summed E-state index contributed by atoms with van der Waals surface area (Å²) in [5, 5.41) is 8.73. The summed E-state index contributed by atoms with van der Waals surface area (Å²) in [4.78, 5) is 23.8. The summed E-state index contributed by atoms with van der Waals surface area (Å²) in [6.07, 6.45) is 0. The van der Waals surface area contributed by atoms with Gasteiger partial charge in [0, 0.05) is 24.3 Å². The highest BCUT2D eigenvalue weighted by atomic mass is 35.5. The van der Waals surface area contributed by atoms with E-state index in [0.717, 1.165) is 5.75 Å². The van der Waals surface area contributed by atoms with Crippen molar-refractivity contribution in [3.63, 3.8) is 0 Å². The predicted molar refractivity (Wildman–Crippen MR) is 103 cm³/mol.